The smallest absolute Gasteiger partial charge is 0.191 e. The summed E-state index contributed by atoms with van der Waals surface area (Å²) < 4.78 is 1.84. The van der Waals surface area contributed by atoms with Crippen molar-refractivity contribution in [2.45, 2.75) is 33.2 Å². The number of hydrogen-bond donors (Lipinski definition) is 2. The lowest BCUT2D eigenvalue weighted by molar-refractivity contribution is 0.740. The predicted molar refractivity (Wildman–Crippen MR) is 91.3 cm³/mol. The van der Waals surface area contributed by atoms with Crippen LogP contribution in [0.2, 0.25) is 0 Å². The second kappa shape index (κ2) is 7.93. The van der Waals surface area contributed by atoms with Crippen LogP contribution in [0.15, 0.2) is 17.4 Å². The van der Waals surface area contributed by atoms with Crippen LogP contribution in [0.25, 0.3) is 0 Å². The number of aromatic nitrogens is 3. The fourth-order valence-corrected chi connectivity index (χ4v) is 3.10. The lowest BCUT2D eigenvalue weighted by Crippen LogP contribution is -2.37. The van der Waals surface area contributed by atoms with Crippen LogP contribution >= 0.6 is 11.3 Å². The minimum atomic E-state index is 0.764. The summed E-state index contributed by atoms with van der Waals surface area (Å²) in [6.07, 6.45) is 6.04. The van der Waals surface area contributed by atoms with Crippen molar-refractivity contribution in [2.24, 2.45) is 12.0 Å². The first-order valence-corrected chi connectivity index (χ1v) is 8.25. The van der Waals surface area contributed by atoms with Gasteiger partial charge in [0.05, 0.1) is 23.4 Å². The van der Waals surface area contributed by atoms with Crippen molar-refractivity contribution in [3.63, 3.8) is 0 Å². The normalized spacial score (nSPS) is 11.7. The fourth-order valence-electron chi connectivity index (χ4n) is 2.22. The molecule has 22 heavy (non-hydrogen) atoms. The number of guanidine groups is 1. The molecule has 0 aliphatic carbocycles. The van der Waals surface area contributed by atoms with Crippen LogP contribution < -0.4 is 10.6 Å². The Morgan fingerprint density at radius 2 is 2.18 bits per heavy atom. The van der Waals surface area contributed by atoms with Gasteiger partial charge in [-0.2, -0.15) is 5.10 Å². The van der Waals surface area contributed by atoms with Gasteiger partial charge in [-0.05, 0) is 32.3 Å². The summed E-state index contributed by atoms with van der Waals surface area (Å²) in [5, 5.41) is 12.0. The van der Waals surface area contributed by atoms with Gasteiger partial charge >= 0.3 is 0 Å². The number of thiazole rings is 1. The van der Waals surface area contributed by atoms with Gasteiger partial charge in [0, 0.05) is 31.7 Å². The molecule has 0 aromatic carbocycles. The molecule has 0 radical (unpaired) electrons. The van der Waals surface area contributed by atoms with Crippen LogP contribution in [0.5, 0.6) is 0 Å². The predicted octanol–water partition coefficient (Wildman–Crippen LogP) is 1.79. The van der Waals surface area contributed by atoms with E-state index in [1.54, 1.807) is 18.4 Å². The van der Waals surface area contributed by atoms with E-state index in [0.29, 0.717) is 0 Å². The van der Waals surface area contributed by atoms with Gasteiger partial charge in [-0.15, -0.1) is 11.3 Å². The first-order valence-electron chi connectivity index (χ1n) is 7.43. The van der Waals surface area contributed by atoms with Crippen molar-refractivity contribution in [3.05, 3.63) is 33.5 Å². The molecular formula is C15H24N6S. The zero-order valence-corrected chi connectivity index (χ0v) is 14.5. The van der Waals surface area contributed by atoms with Crippen LogP contribution in [0, 0.1) is 13.8 Å². The number of aliphatic imine (C=N–C) groups is 1. The summed E-state index contributed by atoms with van der Waals surface area (Å²) in [5.41, 5.74) is 2.37. The highest BCUT2D eigenvalue weighted by Crippen LogP contribution is 2.16. The molecule has 0 spiro atoms. The van der Waals surface area contributed by atoms with Crippen LogP contribution in [-0.2, 0) is 20.0 Å². The fraction of sp³-hybridized carbons (Fsp3) is 0.533. The Morgan fingerprint density at radius 3 is 2.77 bits per heavy atom. The highest BCUT2D eigenvalue weighted by Gasteiger charge is 2.05. The molecule has 0 aliphatic heterocycles. The maximum absolute atomic E-state index is 4.44. The number of nitrogens with one attached hydrogen (secondary N) is 2. The Kier molecular flexibility index (Phi) is 5.94. The van der Waals surface area contributed by atoms with E-state index in [1.807, 2.05) is 31.8 Å². The zero-order valence-electron chi connectivity index (χ0n) is 13.7. The van der Waals surface area contributed by atoms with E-state index in [1.165, 1.54) is 10.4 Å². The molecule has 2 N–H and O–H groups in total. The topological polar surface area (TPSA) is 67.1 Å². The second-order valence-electron chi connectivity index (χ2n) is 5.22. The standard InChI is InChI=1S/C15H24N6S/c1-11-14(22-12(2)20-11)9-18-15(16-3)17-7-5-6-13-8-19-21(4)10-13/h8,10H,5-7,9H2,1-4H3,(H2,16,17,18). The maximum atomic E-state index is 4.44. The molecule has 0 fully saturated rings. The van der Waals surface area contributed by atoms with Gasteiger partial charge in [0.2, 0.25) is 0 Å². The molecule has 0 saturated carbocycles. The molecule has 0 bridgehead atoms. The average molecular weight is 320 g/mol. The quantitative estimate of drug-likeness (QED) is 0.484. The molecule has 0 saturated heterocycles. The third-order valence-corrected chi connectivity index (χ3v) is 4.41. The van der Waals surface area contributed by atoms with Crippen LogP contribution in [0.4, 0.5) is 0 Å². The number of nitrogens with zero attached hydrogens (tertiary/aromatic N) is 4. The molecule has 0 aliphatic rings. The molecule has 2 aromatic rings. The van der Waals surface area contributed by atoms with Crippen molar-refractivity contribution in [1.82, 2.24) is 25.4 Å². The third-order valence-electron chi connectivity index (χ3n) is 3.33. The van der Waals surface area contributed by atoms with Gasteiger partial charge < -0.3 is 10.6 Å². The Bertz CT molecular complexity index is 628. The first kappa shape index (κ1) is 16.5. The van der Waals surface area contributed by atoms with Crippen LogP contribution in [0.1, 0.15) is 27.6 Å². The van der Waals surface area contributed by atoms with Crippen LogP contribution in [-0.4, -0.2) is 34.3 Å². The SMILES string of the molecule is CN=C(NCCCc1cnn(C)c1)NCc1sc(C)nc1C. The molecule has 2 rings (SSSR count). The maximum Gasteiger partial charge on any atom is 0.191 e. The molecule has 2 aromatic heterocycles. The summed E-state index contributed by atoms with van der Waals surface area (Å²) in [7, 11) is 3.73. The first-order chi connectivity index (χ1) is 10.6. The molecule has 7 heteroatoms. The monoisotopic (exact) mass is 320 g/mol. The average Bonchev–Trinajstić information content (AvgIpc) is 3.03. The minimum Gasteiger partial charge on any atom is -0.356 e. The molecule has 120 valence electrons. The zero-order chi connectivity index (χ0) is 15.9. The third kappa shape index (κ3) is 4.84. The lowest BCUT2D eigenvalue weighted by Gasteiger charge is -2.11. The molecular weight excluding hydrogens is 296 g/mol. The number of rotatable bonds is 6. The molecule has 0 unspecified atom stereocenters. The van der Waals surface area contributed by atoms with E-state index in [9.17, 15) is 0 Å². The summed E-state index contributed by atoms with van der Waals surface area (Å²) in [5.74, 6) is 0.830. The number of aryl methyl sites for hydroxylation is 4. The Morgan fingerprint density at radius 1 is 1.36 bits per heavy atom. The molecule has 6 nitrogen and oxygen atoms in total. The van der Waals surface area contributed by atoms with Crippen molar-refractivity contribution in [3.8, 4) is 0 Å². The summed E-state index contributed by atoms with van der Waals surface area (Å²) in [6.45, 7) is 5.73. The van der Waals surface area contributed by atoms with Gasteiger partial charge in [-0.3, -0.25) is 9.67 Å². The van der Waals surface area contributed by atoms with Gasteiger partial charge in [0.25, 0.3) is 0 Å². The van der Waals surface area contributed by atoms with E-state index in [0.717, 1.165) is 42.6 Å². The van der Waals surface area contributed by atoms with Gasteiger partial charge in [0.1, 0.15) is 0 Å². The van der Waals surface area contributed by atoms with Crippen molar-refractivity contribution in [2.75, 3.05) is 13.6 Å². The van der Waals surface area contributed by atoms with Crippen molar-refractivity contribution in [1.29, 1.82) is 0 Å². The Labute approximate surface area is 135 Å². The van der Waals surface area contributed by atoms with Crippen LogP contribution in [0.3, 0.4) is 0 Å². The highest BCUT2D eigenvalue weighted by atomic mass is 32.1. The summed E-state index contributed by atoms with van der Waals surface area (Å²) in [6, 6.07) is 0. The van der Waals surface area contributed by atoms with Crippen molar-refractivity contribution >= 4 is 17.3 Å². The van der Waals surface area contributed by atoms with Crippen molar-refractivity contribution < 1.29 is 0 Å². The second-order valence-corrected chi connectivity index (χ2v) is 6.51. The molecule has 2 heterocycles. The van der Waals surface area contributed by atoms with E-state index in [2.05, 4.69) is 31.9 Å². The van der Waals surface area contributed by atoms with Gasteiger partial charge in [0.15, 0.2) is 5.96 Å². The summed E-state index contributed by atoms with van der Waals surface area (Å²) in [4.78, 5) is 9.95. The van der Waals surface area contributed by atoms with E-state index in [-0.39, 0.29) is 0 Å². The van der Waals surface area contributed by atoms with E-state index < -0.39 is 0 Å². The van der Waals surface area contributed by atoms with E-state index >= 15 is 0 Å². The molecule has 0 amide bonds. The lowest BCUT2D eigenvalue weighted by atomic mass is 10.2. The van der Waals surface area contributed by atoms with E-state index in [4.69, 9.17) is 0 Å². The highest BCUT2D eigenvalue weighted by molar-refractivity contribution is 7.11. The van der Waals surface area contributed by atoms with Gasteiger partial charge in [-0.25, -0.2) is 4.98 Å². The minimum absolute atomic E-state index is 0.764. The Hall–Kier alpha value is -1.89. The largest absolute Gasteiger partial charge is 0.356 e. The Balaban J connectivity index is 1.70. The van der Waals surface area contributed by atoms with Gasteiger partial charge in [-0.1, -0.05) is 0 Å². The summed E-state index contributed by atoms with van der Waals surface area (Å²) >= 11 is 1.73. The molecule has 0 atom stereocenters. The number of hydrogen-bond acceptors (Lipinski definition) is 4.